The Bertz CT molecular complexity index is 2970. The number of thiazole rings is 1. The number of aliphatic hydroxyl groups is 2. The third kappa shape index (κ3) is 9.98. The van der Waals surface area contributed by atoms with Crippen LogP contribution in [0.5, 0.6) is 0 Å². The van der Waals surface area contributed by atoms with Gasteiger partial charge in [-0.25, -0.2) is 4.98 Å². The molecule has 6 amide bonds. The summed E-state index contributed by atoms with van der Waals surface area (Å²) < 4.78 is 0. The molecule has 16 heteroatoms. The molecule has 386 valence electrons. The molecule has 1 aromatic heterocycles. The third-order valence-corrected chi connectivity index (χ3v) is 16.9. The van der Waals surface area contributed by atoms with E-state index in [-0.39, 0.29) is 81.7 Å². The van der Waals surface area contributed by atoms with Crippen LogP contribution in [0.4, 0.5) is 0 Å². The number of hydrogen-bond donors (Lipinski definition) is 4. The van der Waals surface area contributed by atoms with E-state index in [2.05, 4.69) is 27.8 Å². The Labute approximate surface area is 436 Å². The summed E-state index contributed by atoms with van der Waals surface area (Å²) in [5.41, 5.74) is 10.4. The zero-order valence-corrected chi connectivity index (χ0v) is 43.2. The van der Waals surface area contributed by atoms with Gasteiger partial charge in [-0.15, -0.1) is 11.3 Å². The number of aromatic nitrogens is 1. The van der Waals surface area contributed by atoms with E-state index in [0.717, 1.165) is 68.8 Å². The van der Waals surface area contributed by atoms with E-state index in [0.29, 0.717) is 23.5 Å². The minimum Gasteiger partial charge on any atom is -0.391 e. The van der Waals surface area contributed by atoms with Gasteiger partial charge in [0.2, 0.25) is 23.6 Å². The van der Waals surface area contributed by atoms with Crippen LogP contribution in [0.15, 0.2) is 96.5 Å². The van der Waals surface area contributed by atoms with Crippen molar-refractivity contribution in [1.82, 2.24) is 35.2 Å². The maximum absolute atomic E-state index is 15.3. The first-order valence-corrected chi connectivity index (χ1v) is 26.9. The molecule has 4 aromatic carbocycles. The summed E-state index contributed by atoms with van der Waals surface area (Å²) in [6, 6.07) is 25.0. The molecular weight excluding hydrogens is 955 g/mol. The highest BCUT2D eigenvalue weighted by atomic mass is 32.1. The van der Waals surface area contributed by atoms with Crippen LogP contribution in [0.1, 0.15) is 119 Å². The highest BCUT2D eigenvalue weighted by Gasteiger charge is 2.48. The number of likely N-dealkylation sites (tertiary alicyclic amines) is 2. The number of amides is 6. The average Bonchev–Trinajstić information content (AvgIpc) is 4.22. The third-order valence-electron chi connectivity index (χ3n) is 16.0. The first-order chi connectivity index (χ1) is 35.6. The molecule has 15 nitrogen and oxygen atoms in total. The molecule has 74 heavy (non-hydrogen) atoms. The minimum atomic E-state index is -0.979. The van der Waals surface area contributed by atoms with E-state index >= 15 is 4.79 Å². The fourth-order valence-corrected chi connectivity index (χ4v) is 12.7. The molecule has 5 aromatic rings. The Morgan fingerprint density at radius 1 is 0.703 bits per heavy atom. The normalized spacial score (nSPS) is 21.7. The maximum atomic E-state index is 15.3. The van der Waals surface area contributed by atoms with Gasteiger partial charge in [-0.1, -0.05) is 106 Å². The standard InChI is InChI=1S/C58H65N7O8S/c1-33(2)50(64-28-40-10-5-7-14-46(40)55(64)70)57(72)62-30-43(66)24-48(62)54(69)60-27-37-18-21-45(38-12-9-13-38)42(23-37)22-34(3)51(65-29-41-11-6-8-15-47(41)56(65)71)58(73)63-31-44(67)25-49(63)53(68)59-26-36-16-19-39(20-17-36)52-35(4)61-32-74-52/h5-8,10-11,14-21,23,32-34,38,43-44,48-51,66-67H,9,12-13,22,24-31H2,1-4H3,(H,59,68)(H,60,69)/t34?,43-,44-,48+,49+,50+,51+/m1/s1. The number of aliphatic hydroxyl groups excluding tert-OH is 2. The summed E-state index contributed by atoms with van der Waals surface area (Å²) in [4.78, 5) is 97.3. The molecule has 10 rings (SSSR count). The number of carbonyl (C=O) groups is 6. The van der Waals surface area contributed by atoms with Gasteiger partial charge in [0, 0.05) is 63.2 Å². The summed E-state index contributed by atoms with van der Waals surface area (Å²) in [7, 11) is 0. The van der Waals surface area contributed by atoms with Gasteiger partial charge >= 0.3 is 0 Å². The van der Waals surface area contributed by atoms with Crippen LogP contribution < -0.4 is 10.6 Å². The van der Waals surface area contributed by atoms with Gasteiger partial charge in [0.15, 0.2) is 0 Å². The number of benzene rings is 4. The van der Waals surface area contributed by atoms with E-state index in [1.54, 1.807) is 39.3 Å². The Morgan fingerprint density at radius 3 is 1.74 bits per heavy atom. The van der Waals surface area contributed by atoms with Crippen molar-refractivity contribution in [3.63, 3.8) is 0 Å². The smallest absolute Gasteiger partial charge is 0.255 e. The number of carbonyl (C=O) groups excluding carboxylic acids is 6. The largest absolute Gasteiger partial charge is 0.391 e. The molecule has 1 saturated carbocycles. The molecule has 4 N–H and O–H groups in total. The predicted octanol–water partition coefficient (Wildman–Crippen LogP) is 6.13. The molecule has 3 fully saturated rings. The summed E-state index contributed by atoms with van der Waals surface area (Å²) in [6.07, 6.45) is 1.80. The summed E-state index contributed by atoms with van der Waals surface area (Å²) in [5, 5.41) is 28.0. The zero-order chi connectivity index (χ0) is 51.9. The second kappa shape index (κ2) is 21.2. The molecule has 1 aliphatic carbocycles. The van der Waals surface area contributed by atoms with E-state index in [9.17, 15) is 34.2 Å². The molecular formula is C58H65N7O8S. The van der Waals surface area contributed by atoms with Gasteiger partial charge in [0.05, 0.1) is 28.3 Å². The number of hydrogen-bond acceptors (Lipinski definition) is 10. The van der Waals surface area contributed by atoms with Gasteiger partial charge in [-0.05, 0) is 95.0 Å². The average molecular weight is 1020 g/mol. The van der Waals surface area contributed by atoms with Gasteiger partial charge < -0.3 is 40.4 Å². The molecule has 5 heterocycles. The molecule has 1 unspecified atom stereocenters. The second-order valence-corrected chi connectivity index (χ2v) is 22.2. The summed E-state index contributed by atoms with van der Waals surface area (Å²) in [5.74, 6) is -2.44. The summed E-state index contributed by atoms with van der Waals surface area (Å²) in [6.45, 7) is 8.49. The number of nitrogens with zero attached hydrogens (tertiary/aromatic N) is 5. The zero-order valence-electron chi connectivity index (χ0n) is 42.4. The Morgan fingerprint density at radius 2 is 1.23 bits per heavy atom. The lowest BCUT2D eigenvalue weighted by Crippen LogP contribution is -2.56. The van der Waals surface area contributed by atoms with Crippen molar-refractivity contribution >= 4 is 46.8 Å². The maximum Gasteiger partial charge on any atom is 0.255 e. The van der Waals surface area contributed by atoms with Gasteiger partial charge in [0.25, 0.3) is 11.8 Å². The summed E-state index contributed by atoms with van der Waals surface area (Å²) >= 11 is 1.57. The van der Waals surface area contributed by atoms with Gasteiger partial charge in [-0.3, -0.25) is 28.8 Å². The number of rotatable bonds is 16. The fourth-order valence-electron chi connectivity index (χ4n) is 11.9. The van der Waals surface area contributed by atoms with Crippen LogP contribution in [-0.2, 0) is 51.8 Å². The predicted molar refractivity (Wildman–Crippen MR) is 279 cm³/mol. The van der Waals surface area contributed by atoms with Gasteiger partial charge in [0.1, 0.15) is 24.2 Å². The van der Waals surface area contributed by atoms with Crippen LogP contribution in [0, 0.1) is 18.8 Å². The first kappa shape index (κ1) is 50.8. The molecule has 0 bridgehead atoms. The molecule has 0 radical (unpaired) electrons. The molecule has 0 spiro atoms. The van der Waals surface area contributed by atoms with Crippen molar-refractivity contribution in [2.24, 2.45) is 11.8 Å². The van der Waals surface area contributed by atoms with Crippen molar-refractivity contribution in [3.8, 4) is 10.4 Å². The van der Waals surface area contributed by atoms with Crippen LogP contribution in [0.25, 0.3) is 10.4 Å². The lowest BCUT2D eigenvalue weighted by Gasteiger charge is -2.37. The second-order valence-electron chi connectivity index (χ2n) is 21.3. The van der Waals surface area contributed by atoms with E-state index in [4.69, 9.17) is 0 Å². The lowest BCUT2D eigenvalue weighted by molar-refractivity contribution is -0.143. The minimum absolute atomic E-state index is 0.0251. The molecule has 4 aliphatic heterocycles. The van der Waals surface area contributed by atoms with Crippen LogP contribution in [0.2, 0.25) is 0 Å². The molecule has 5 aliphatic rings. The first-order valence-electron chi connectivity index (χ1n) is 26.1. The van der Waals surface area contributed by atoms with Crippen molar-refractivity contribution in [2.75, 3.05) is 13.1 Å². The Balaban J connectivity index is 0.861. The quantitative estimate of drug-likeness (QED) is 0.0901. The number of nitrogens with one attached hydrogen (secondary N) is 2. The van der Waals surface area contributed by atoms with Crippen molar-refractivity contribution < 1.29 is 39.0 Å². The van der Waals surface area contributed by atoms with Crippen LogP contribution in [0.3, 0.4) is 0 Å². The Kier molecular flexibility index (Phi) is 14.6. The molecule has 7 atom stereocenters. The SMILES string of the molecule is Cc1ncsc1-c1ccc(CNC(=O)[C@@H]2C[C@@H](O)CN2C(=O)[C@H](C(C)Cc2cc(CNC(=O)[C@@H]3C[C@@H](O)CN3C(=O)[C@H](C(C)C)N3Cc4ccccc4C3=O)ccc2C2CCC2)N2Cc3ccccc3C2=O)cc1. The Hall–Kier alpha value is -6.75. The monoisotopic (exact) mass is 1020 g/mol. The fraction of sp³-hybridized carbons (Fsp3) is 0.431. The molecule has 2 saturated heterocycles. The number of β-amino-alcohol motifs (C(OH)–C–C–N with tert-alkyl or cyclic N) is 2. The van der Waals surface area contributed by atoms with E-state index in [1.807, 2.05) is 93.9 Å². The van der Waals surface area contributed by atoms with Crippen LogP contribution in [-0.4, -0.2) is 120 Å². The lowest BCUT2D eigenvalue weighted by atomic mass is 9.76. The van der Waals surface area contributed by atoms with Crippen molar-refractivity contribution in [2.45, 2.75) is 135 Å². The topological polar surface area (TPSA) is 193 Å². The van der Waals surface area contributed by atoms with Gasteiger partial charge in [-0.2, -0.15) is 0 Å². The van der Waals surface area contributed by atoms with E-state index < -0.39 is 54.1 Å². The van der Waals surface area contributed by atoms with E-state index in [1.165, 1.54) is 9.80 Å². The van der Waals surface area contributed by atoms with Crippen molar-refractivity contribution in [1.29, 1.82) is 0 Å². The highest BCUT2D eigenvalue weighted by molar-refractivity contribution is 7.13. The van der Waals surface area contributed by atoms with Crippen molar-refractivity contribution in [3.05, 3.63) is 147 Å². The number of aryl methyl sites for hydroxylation is 1. The highest BCUT2D eigenvalue weighted by Crippen LogP contribution is 2.40. The number of fused-ring (bicyclic) bond motifs is 2. The van der Waals surface area contributed by atoms with Crippen LogP contribution >= 0.6 is 11.3 Å².